The first kappa shape index (κ1) is 11.0. The first-order chi connectivity index (χ1) is 8.74. The molecule has 0 aliphatic heterocycles. The second-order valence-corrected chi connectivity index (χ2v) is 4.71. The van der Waals surface area contributed by atoms with Crippen LogP contribution >= 0.6 is 0 Å². The van der Waals surface area contributed by atoms with Crippen LogP contribution in [0.25, 0.3) is 11.1 Å². The van der Waals surface area contributed by atoms with E-state index in [0.29, 0.717) is 11.7 Å². The summed E-state index contributed by atoms with van der Waals surface area (Å²) in [6.07, 6.45) is 7.69. The van der Waals surface area contributed by atoms with Crippen LogP contribution in [0.4, 0.5) is 0 Å². The lowest BCUT2D eigenvalue weighted by Crippen LogP contribution is -2.27. The zero-order valence-corrected chi connectivity index (χ0v) is 10.3. The van der Waals surface area contributed by atoms with E-state index in [0.717, 1.165) is 24.0 Å². The molecule has 0 spiro atoms. The number of carbonyl (C=O) groups is 1. The molecular weight excluding hydrogens is 226 g/mol. The van der Waals surface area contributed by atoms with Crippen molar-refractivity contribution in [2.45, 2.75) is 18.9 Å². The Morgan fingerprint density at radius 2 is 2.06 bits per heavy atom. The van der Waals surface area contributed by atoms with Gasteiger partial charge in [-0.2, -0.15) is 0 Å². The summed E-state index contributed by atoms with van der Waals surface area (Å²) in [6, 6.07) is 6.19. The molecule has 2 aromatic rings. The zero-order chi connectivity index (χ0) is 12.5. The Kier molecular flexibility index (Phi) is 2.63. The van der Waals surface area contributed by atoms with E-state index in [4.69, 9.17) is 0 Å². The molecule has 0 bridgehead atoms. The number of carbonyl (C=O) groups excluding carboxylic acids is 1. The molecule has 4 heteroatoms. The first-order valence-electron chi connectivity index (χ1n) is 6.11. The molecule has 3 rings (SSSR count). The van der Waals surface area contributed by atoms with Crippen LogP contribution in [-0.2, 0) is 7.05 Å². The molecule has 92 valence electrons. The number of aryl methyl sites for hydroxylation is 1. The van der Waals surface area contributed by atoms with Crippen molar-refractivity contribution < 1.29 is 4.79 Å². The Balaban J connectivity index is 1.88. The number of aromatic nitrogens is 2. The summed E-state index contributed by atoms with van der Waals surface area (Å²) in [5.74, 6) is 0.0142. The topological polar surface area (TPSA) is 46.9 Å². The van der Waals surface area contributed by atoms with Gasteiger partial charge in [-0.15, -0.1) is 0 Å². The van der Waals surface area contributed by atoms with Gasteiger partial charge in [0.15, 0.2) is 0 Å². The molecule has 2 heterocycles. The van der Waals surface area contributed by atoms with E-state index in [1.165, 1.54) is 0 Å². The van der Waals surface area contributed by atoms with Crippen LogP contribution < -0.4 is 5.32 Å². The highest BCUT2D eigenvalue weighted by molar-refractivity contribution is 5.94. The number of rotatable bonds is 3. The maximum Gasteiger partial charge on any atom is 0.268 e. The average molecular weight is 241 g/mol. The lowest BCUT2D eigenvalue weighted by molar-refractivity contribution is 0.0943. The van der Waals surface area contributed by atoms with Crippen LogP contribution in [-0.4, -0.2) is 21.5 Å². The number of hydrogen-bond acceptors (Lipinski definition) is 2. The second kappa shape index (κ2) is 4.29. The van der Waals surface area contributed by atoms with E-state index in [1.54, 1.807) is 12.4 Å². The molecule has 1 fully saturated rings. The van der Waals surface area contributed by atoms with Gasteiger partial charge in [-0.1, -0.05) is 0 Å². The minimum atomic E-state index is 0.0142. The molecule has 4 nitrogen and oxygen atoms in total. The summed E-state index contributed by atoms with van der Waals surface area (Å²) in [6.45, 7) is 0. The summed E-state index contributed by atoms with van der Waals surface area (Å²) < 4.78 is 1.87. The lowest BCUT2D eigenvalue weighted by atomic mass is 10.1. The van der Waals surface area contributed by atoms with Crippen LogP contribution in [0.5, 0.6) is 0 Å². The van der Waals surface area contributed by atoms with Gasteiger partial charge in [0.2, 0.25) is 0 Å². The summed E-state index contributed by atoms with van der Waals surface area (Å²) in [4.78, 5) is 16.0. The highest BCUT2D eigenvalue weighted by Gasteiger charge is 2.25. The van der Waals surface area contributed by atoms with Crippen LogP contribution in [0.2, 0.25) is 0 Å². The summed E-state index contributed by atoms with van der Waals surface area (Å²) in [5.41, 5.74) is 2.82. The fraction of sp³-hybridized carbons (Fsp3) is 0.286. The fourth-order valence-electron chi connectivity index (χ4n) is 1.98. The molecule has 1 amide bonds. The Morgan fingerprint density at radius 1 is 1.33 bits per heavy atom. The fourth-order valence-corrected chi connectivity index (χ4v) is 1.98. The van der Waals surface area contributed by atoms with Gasteiger partial charge in [0.25, 0.3) is 5.91 Å². The molecule has 0 saturated heterocycles. The van der Waals surface area contributed by atoms with E-state index in [1.807, 2.05) is 36.0 Å². The van der Waals surface area contributed by atoms with Crippen molar-refractivity contribution in [1.29, 1.82) is 0 Å². The van der Waals surface area contributed by atoms with Gasteiger partial charge in [0.05, 0.1) is 0 Å². The predicted molar refractivity (Wildman–Crippen MR) is 69.1 cm³/mol. The van der Waals surface area contributed by atoms with Crippen LogP contribution in [0.15, 0.2) is 36.8 Å². The maximum absolute atomic E-state index is 12.0. The quantitative estimate of drug-likeness (QED) is 0.893. The van der Waals surface area contributed by atoms with E-state index in [9.17, 15) is 4.79 Å². The normalized spacial score (nSPS) is 14.5. The van der Waals surface area contributed by atoms with Gasteiger partial charge in [0, 0.05) is 37.2 Å². The van der Waals surface area contributed by atoms with Gasteiger partial charge in [0.1, 0.15) is 5.69 Å². The summed E-state index contributed by atoms with van der Waals surface area (Å²) in [7, 11) is 1.90. The smallest absolute Gasteiger partial charge is 0.268 e. The Labute approximate surface area is 106 Å². The van der Waals surface area contributed by atoms with Crippen molar-refractivity contribution in [3.8, 4) is 11.1 Å². The minimum Gasteiger partial charge on any atom is -0.348 e. The third-order valence-corrected chi connectivity index (χ3v) is 3.16. The summed E-state index contributed by atoms with van der Waals surface area (Å²) >= 11 is 0. The average Bonchev–Trinajstić information content (AvgIpc) is 3.10. The minimum absolute atomic E-state index is 0.0142. The predicted octanol–water partition coefficient (Wildman–Crippen LogP) is 1.98. The number of hydrogen-bond donors (Lipinski definition) is 1. The Morgan fingerprint density at radius 3 is 2.72 bits per heavy atom. The van der Waals surface area contributed by atoms with E-state index >= 15 is 0 Å². The molecule has 1 aliphatic rings. The van der Waals surface area contributed by atoms with Gasteiger partial charge in [-0.05, 0) is 36.6 Å². The Hall–Kier alpha value is -2.10. The molecule has 0 atom stereocenters. The monoisotopic (exact) mass is 241 g/mol. The molecule has 1 saturated carbocycles. The molecule has 0 unspecified atom stereocenters. The van der Waals surface area contributed by atoms with E-state index in [2.05, 4.69) is 10.3 Å². The number of nitrogens with one attached hydrogen (secondary N) is 1. The van der Waals surface area contributed by atoms with Crippen molar-refractivity contribution in [2.24, 2.45) is 7.05 Å². The Bertz CT molecular complexity index is 570. The van der Waals surface area contributed by atoms with Crippen LogP contribution in [0.3, 0.4) is 0 Å². The van der Waals surface area contributed by atoms with Crippen LogP contribution in [0, 0.1) is 0 Å². The highest BCUT2D eigenvalue weighted by Crippen LogP contribution is 2.23. The van der Waals surface area contributed by atoms with Crippen molar-refractivity contribution in [2.75, 3.05) is 0 Å². The molecule has 2 aromatic heterocycles. The van der Waals surface area contributed by atoms with E-state index < -0.39 is 0 Å². The van der Waals surface area contributed by atoms with Gasteiger partial charge in [-0.3, -0.25) is 9.78 Å². The van der Waals surface area contributed by atoms with Crippen molar-refractivity contribution in [3.63, 3.8) is 0 Å². The molecule has 0 radical (unpaired) electrons. The maximum atomic E-state index is 12.0. The highest BCUT2D eigenvalue weighted by atomic mass is 16.2. The third kappa shape index (κ3) is 2.14. The van der Waals surface area contributed by atoms with Crippen molar-refractivity contribution in [1.82, 2.24) is 14.9 Å². The largest absolute Gasteiger partial charge is 0.348 e. The molecular formula is C14H15N3O. The zero-order valence-electron chi connectivity index (χ0n) is 10.3. The molecule has 0 aromatic carbocycles. The SMILES string of the molecule is Cn1cc(-c2ccncc2)cc1C(=O)NC1CC1. The molecule has 18 heavy (non-hydrogen) atoms. The number of amides is 1. The first-order valence-corrected chi connectivity index (χ1v) is 6.11. The van der Waals surface area contributed by atoms with Crippen molar-refractivity contribution >= 4 is 5.91 Å². The standard InChI is InChI=1S/C14H15N3O/c1-17-9-11(10-4-6-15-7-5-10)8-13(17)14(18)16-12-2-3-12/h4-9,12H,2-3H2,1H3,(H,16,18). The van der Waals surface area contributed by atoms with Gasteiger partial charge < -0.3 is 9.88 Å². The van der Waals surface area contributed by atoms with Crippen LogP contribution in [0.1, 0.15) is 23.3 Å². The second-order valence-electron chi connectivity index (χ2n) is 4.71. The van der Waals surface area contributed by atoms with E-state index in [-0.39, 0.29) is 5.91 Å². The summed E-state index contributed by atoms with van der Waals surface area (Å²) in [5, 5.41) is 3.00. The number of pyridine rings is 1. The molecule has 1 N–H and O–H groups in total. The van der Waals surface area contributed by atoms with Gasteiger partial charge in [-0.25, -0.2) is 0 Å². The van der Waals surface area contributed by atoms with Crippen molar-refractivity contribution in [3.05, 3.63) is 42.5 Å². The third-order valence-electron chi connectivity index (χ3n) is 3.16. The lowest BCUT2D eigenvalue weighted by Gasteiger charge is -2.03. The van der Waals surface area contributed by atoms with Gasteiger partial charge >= 0.3 is 0 Å². The number of nitrogens with zero attached hydrogens (tertiary/aromatic N) is 2. The molecule has 1 aliphatic carbocycles.